The highest BCUT2D eigenvalue weighted by molar-refractivity contribution is 8.22. The normalized spacial score (nSPS) is 12.4. The molecule has 45 heavy (non-hydrogen) atoms. The summed E-state index contributed by atoms with van der Waals surface area (Å²) in [6.45, 7) is 19.3. The number of nitrogens with two attached hydrogens (primary N) is 1. The average molecular weight is 648 g/mol. The first-order valence-corrected chi connectivity index (χ1v) is 17.6. The van der Waals surface area contributed by atoms with Crippen LogP contribution in [0.5, 0.6) is 0 Å². The van der Waals surface area contributed by atoms with Crippen molar-refractivity contribution in [1.82, 2.24) is 19.0 Å². The van der Waals surface area contributed by atoms with Gasteiger partial charge in [0.15, 0.2) is 0 Å². The molecule has 0 aliphatic rings. The SMILES string of the molecule is CCc1ccccc1CNS(OCCOCCN(CC)CC)(OCCOCCN(CC)CC)N(N)/N=C/c1ccccc1C=N. The van der Waals surface area contributed by atoms with Crippen LogP contribution >= 0.6 is 11.0 Å². The zero-order chi connectivity index (χ0) is 32.8. The molecule has 11 nitrogen and oxygen atoms in total. The van der Waals surface area contributed by atoms with E-state index in [1.807, 2.05) is 36.4 Å². The molecule has 0 unspecified atom stereocenters. The lowest BCUT2D eigenvalue weighted by Gasteiger charge is -2.46. The van der Waals surface area contributed by atoms with Crippen molar-refractivity contribution in [1.29, 1.82) is 5.41 Å². The Morgan fingerprint density at radius 2 is 1.24 bits per heavy atom. The number of rotatable bonds is 26. The average Bonchev–Trinajstić information content (AvgIpc) is 3.08. The minimum absolute atomic E-state index is 0.249. The first-order chi connectivity index (χ1) is 22.0. The minimum atomic E-state index is -2.79. The first kappa shape index (κ1) is 38.8. The number of hydrazine groups is 1. The van der Waals surface area contributed by atoms with Crippen molar-refractivity contribution >= 4 is 23.4 Å². The van der Waals surface area contributed by atoms with Gasteiger partial charge >= 0.3 is 0 Å². The Morgan fingerprint density at radius 3 is 1.76 bits per heavy atom. The molecule has 2 rings (SSSR count). The highest BCUT2D eigenvalue weighted by Gasteiger charge is 2.28. The molecule has 0 fully saturated rings. The van der Waals surface area contributed by atoms with E-state index in [0.717, 1.165) is 62.4 Å². The fraction of sp³-hybridized carbons (Fsp3) is 0.576. The van der Waals surface area contributed by atoms with Crippen molar-refractivity contribution in [2.45, 2.75) is 47.6 Å². The van der Waals surface area contributed by atoms with Crippen molar-refractivity contribution in [3.63, 3.8) is 0 Å². The van der Waals surface area contributed by atoms with Crippen molar-refractivity contribution in [3.8, 4) is 0 Å². The quantitative estimate of drug-likeness (QED) is 0.0575. The van der Waals surface area contributed by atoms with E-state index in [1.165, 1.54) is 16.3 Å². The van der Waals surface area contributed by atoms with Gasteiger partial charge in [-0.1, -0.05) is 83.1 Å². The number of aryl methyl sites for hydroxylation is 1. The summed E-state index contributed by atoms with van der Waals surface area (Å²) in [4.78, 5) is 4.63. The Balaban J connectivity index is 2.25. The summed E-state index contributed by atoms with van der Waals surface area (Å²) in [5.41, 5.74) is 3.84. The van der Waals surface area contributed by atoms with E-state index < -0.39 is 11.0 Å². The topological polar surface area (TPSA) is 121 Å². The van der Waals surface area contributed by atoms with Crippen molar-refractivity contribution in [2.75, 3.05) is 78.9 Å². The number of hydrogen-bond donors (Lipinski definition) is 3. The standard InChI is InChI=1S/C33H57N7O4S/c1-6-30-15-11-13-18-33(30)29-37-45(43-25-23-41-21-19-38(7-2)8-3,44-26-24-42-22-20-39(9-4)10-5)40(35)36-28-32-17-14-12-16-31(32)27-34/h11-18,27-28,34,37H,6-10,19-26,29,35H2,1-5H3/b34-27?,36-28+. The van der Waals surface area contributed by atoms with Crippen molar-refractivity contribution in [2.24, 2.45) is 10.9 Å². The Labute approximate surface area is 273 Å². The molecule has 0 saturated carbocycles. The van der Waals surface area contributed by atoms with Crippen LogP contribution in [0.4, 0.5) is 0 Å². The fourth-order valence-electron chi connectivity index (χ4n) is 4.56. The number of hydrogen-bond acceptors (Lipinski definition) is 11. The summed E-state index contributed by atoms with van der Waals surface area (Å²) < 4.78 is 29.5. The molecule has 0 heterocycles. The van der Waals surface area contributed by atoms with Gasteiger partial charge in [-0.15, -0.1) is 9.62 Å². The number of benzene rings is 2. The van der Waals surface area contributed by atoms with Gasteiger partial charge < -0.3 is 24.7 Å². The van der Waals surface area contributed by atoms with Gasteiger partial charge in [0.1, 0.15) is 0 Å². The van der Waals surface area contributed by atoms with E-state index in [-0.39, 0.29) is 13.2 Å². The van der Waals surface area contributed by atoms with Crippen LogP contribution in [-0.2, 0) is 30.8 Å². The van der Waals surface area contributed by atoms with E-state index in [4.69, 9.17) is 29.1 Å². The predicted molar refractivity (Wildman–Crippen MR) is 187 cm³/mol. The number of nitrogens with zero attached hydrogens (tertiary/aromatic N) is 4. The molecule has 254 valence electrons. The highest BCUT2D eigenvalue weighted by atomic mass is 32.3. The number of ether oxygens (including phenoxy) is 2. The monoisotopic (exact) mass is 647 g/mol. The zero-order valence-electron chi connectivity index (χ0n) is 28.1. The largest absolute Gasteiger partial charge is 0.378 e. The molecule has 12 heteroatoms. The van der Waals surface area contributed by atoms with Crippen LogP contribution in [0.3, 0.4) is 0 Å². The molecular formula is C33H57N7O4S. The lowest BCUT2D eigenvalue weighted by atomic mass is 10.1. The Kier molecular flexibility index (Phi) is 19.8. The van der Waals surface area contributed by atoms with E-state index in [1.54, 1.807) is 6.21 Å². The summed E-state index contributed by atoms with van der Waals surface area (Å²) in [5.74, 6) is 6.67. The van der Waals surface area contributed by atoms with Gasteiger partial charge in [-0.05, 0) is 54.7 Å². The van der Waals surface area contributed by atoms with Crippen LogP contribution in [0.1, 0.15) is 56.9 Å². The Morgan fingerprint density at radius 1 is 0.733 bits per heavy atom. The van der Waals surface area contributed by atoms with Crippen LogP contribution in [0.2, 0.25) is 0 Å². The molecule has 0 atom stereocenters. The smallest absolute Gasteiger partial charge is 0.0983 e. The van der Waals surface area contributed by atoms with Crippen LogP contribution in [0.15, 0.2) is 53.6 Å². The molecule has 0 bridgehead atoms. The third-order valence-corrected chi connectivity index (χ3v) is 9.56. The second-order valence-electron chi connectivity index (χ2n) is 10.2. The molecule has 0 aliphatic carbocycles. The van der Waals surface area contributed by atoms with Crippen LogP contribution in [0, 0.1) is 5.41 Å². The van der Waals surface area contributed by atoms with Gasteiger partial charge in [0.25, 0.3) is 0 Å². The summed E-state index contributed by atoms with van der Waals surface area (Å²) >= 11 is 0. The molecule has 0 spiro atoms. The second kappa shape index (κ2) is 23.0. The molecule has 0 amide bonds. The van der Waals surface area contributed by atoms with Crippen molar-refractivity contribution < 1.29 is 17.8 Å². The van der Waals surface area contributed by atoms with Crippen LogP contribution < -0.4 is 10.6 Å². The van der Waals surface area contributed by atoms with Gasteiger partial charge in [0.2, 0.25) is 0 Å². The maximum absolute atomic E-state index is 7.77. The van der Waals surface area contributed by atoms with Crippen molar-refractivity contribution in [3.05, 3.63) is 70.8 Å². The number of hydrazone groups is 1. The van der Waals surface area contributed by atoms with Gasteiger partial charge in [0.05, 0.1) is 45.9 Å². The van der Waals surface area contributed by atoms with Gasteiger partial charge in [-0.3, -0.25) is 0 Å². The summed E-state index contributed by atoms with van der Waals surface area (Å²) in [6.07, 6.45) is 3.81. The fourth-order valence-corrected chi connectivity index (χ4v) is 6.24. The third kappa shape index (κ3) is 13.9. The molecule has 2 aromatic rings. The zero-order valence-corrected chi connectivity index (χ0v) is 28.9. The minimum Gasteiger partial charge on any atom is -0.378 e. The molecule has 0 aromatic heterocycles. The lowest BCUT2D eigenvalue weighted by molar-refractivity contribution is 0.0634. The maximum atomic E-state index is 7.77. The molecule has 0 saturated heterocycles. The van der Waals surface area contributed by atoms with Crippen LogP contribution in [0.25, 0.3) is 0 Å². The Hall–Kier alpha value is -2.39. The van der Waals surface area contributed by atoms with Crippen LogP contribution in [-0.4, -0.2) is 106 Å². The van der Waals surface area contributed by atoms with E-state index >= 15 is 0 Å². The third-order valence-electron chi connectivity index (χ3n) is 7.49. The van der Waals surface area contributed by atoms with Gasteiger partial charge in [-0.2, -0.15) is 4.72 Å². The predicted octanol–water partition coefficient (Wildman–Crippen LogP) is 4.76. The Bertz CT molecular complexity index is 1080. The number of nitrogens with one attached hydrogen (secondary N) is 2. The second-order valence-corrected chi connectivity index (χ2v) is 12.2. The van der Waals surface area contributed by atoms with E-state index in [0.29, 0.717) is 33.0 Å². The lowest BCUT2D eigenvalue weighted by Crippen LogP contribution is -2.42. The summed E-state index contributed by atoms with van der Waals surface area (Å²) in [5, 5.41) is 12.3. The summed E-state index contributed by atoms with van der Waals surface area (Å²) in [7, 11) is -2.79. The highest BCUT2D eigenvalue weighted by Crippen LogP contribution is 2.48. The number of likely N-dealkylation sites (N-methyl/N-ethyl adjacent to an activating group) is 2. The molecule has 4 N–H and O–H groups in total. The van der Waals surface area contributed by atoms with Gasteiger partial charge in [-0.25, -0.2) is 14.2 Å². The van der Waals surface area contributed by atoms with E-state index in [9.17, 15) is 0 Å². The summed E-state index contributed by atoms with van der Waals surface area (Å²) in [6, 6.07) is 15.8. The molecule has 2 aromatic carbocycles. The molecular weight excluding hydrogens is 590 g/mol. The first-order valence-electron chi connectivity index (χ1n) is 16.2. The van der Waals surface area contributed by atoms with Gasteiger partial charge in [0, 0.05) is 37.0 Å². The molecule has 0 aliphatic heterocycles. The molecule has 0 radical (unpaired) electrons. The maximum Gasteiger partial charge on any atom is 0.0983 e. The van der Waals surface area contributed by atoms with E-state index in [2.05, 4.69) is 66.4 Å².